The van der Waals surface area contributed by atoms with Crippen molar-refractivity contribution in [1.82, 2.24) is 5.32 Å². The molecule has 0 amide bonds. The highest BCUT2D eigenvalue weighted by Gasteiger charge is 2.09. The molecule has 1 rings (SSSR count). The largest absolute Gasteiger partial charge is 0.480 e. The summed E-state index contributed by atoms with van der Waals surface area (Å²) >= 11 is 0. The Morgan fingerprint density at radius 3 is 2.67 bits per heavy atom. The summed E-state index contributed by atoms with van der Waals surface area (Å²) in [5, 5.41) is 11.3. The summed E-state index contributed by atoms with van der Waals surface area (Å²) in [4.78, 5) is 10.3. The number of hydrogen-bond donors (Lipinski definition) is 2. The third kappa shape index (κ3) is 4.10. The molecule has 0 saturated carbocycles. The molecular formula is C11H15NO3. The van der Waals surface area contributed by atoms with Crippen LogP contribution in [-0.4, -0.2) is 31.3 Å². The van der Waals surface area contributed by atoms with E-state index < -0.39 is 5.97 Å². The number of aliphatic carboxylic acids is 1. The Morgan fingerprint density at radius 1 is 1.47 bits per heavy atom. The molecule has 0 heterocycles. The van der Waals surface area contributed by atoms with Crippen molar-refractivity contribution in [3.05, 3.63) is 35.9 Å². The minimum atomic E-state index is -0.863. The van der Waals surface area contributed by atoms with E-state index in [0.717, 1.165) is 5.56 Å². The van der Waals surface area contributed by atoms with Gasteiger partial charge in [0.15, 0.2) is 0 Å². The van der Waals surface area contributed by atoms with Gasteiger partial charge in [-0.1, -0.05) is 30.3 Å². The fourth-order valence-corrected chi connectivity index (χ4v) is 1.32. The first-order chi connectivity index (χ1) is 7.24. The zero-order chi connectivity index (χ0) is 11.1. The van der Waals surface area contributed by atoms with E-state index in [4.69, 9.17) is 9.84 Å². The lowest BCUT2D eigenvalue weighted by Crippen LogP contribution is -2.28. The van der Waals surface area contributed by atoms with Gasteiger partial charge >= 0.3 is 5.97 Å². The molecule has 0 aromatic heterocycles. The van der Waals surface area contributed by atoms with Crippen molar-refractivity contribution < 1.29 is 14.6 Å². The van der Waals surface area contributed by atoms with Crippen LogP contribution in [-0.2, 0) is 9.53 Å². The molecule has 0 aliphatic carbocycles. The molecule has 2 N–H and O–H groups in total. The summed E-state index contributed by atoms with van der Waals surface area (Å²) in [5.74, 6) is -0.863. The molecule has 1 unspecified atom stereocenters. The van der Waals surface area contributed by atoms with Crippen LogP contribution in [0.25, 0.3) is 0 Å². The van der Waals surface area contributed by atoms with E-state index >= 15 is 0 Å². The van der Waals surface area contributed by atoms with Crippen molar-refractivity contribution in [3.63, 3.8) is 0 Å². The minimum Gasteiger partial charge on any atom is -0.480 e. The van der Waals surface area contributed by atoms with Gasteiger partial charge in [-0.05, 0) is 5.56 Å². The van der Waals surface area contributed by atoms with Gasteiger partial charge in [0.1, 0.15) is 0 Å². The Hall–Kier alpha value is -1.39. The molecule has 0 spiro atoms. The Balaban J connectivity index is 2.46. The van der Waals surface area contributed by atoms with Gasteiger partial charge in [-0.3, -0.25) is 4.79 Å². The van der Waals surface area contributed by atoms with Gasteiger partial charge in [0, 0.05) is 13.7 Å². The van der Waals surface area contributed by atoms with E-state index in [0.29, 0.717) is 6.54 Å². The Bertz CT molecular complexity index is 300. The first-order valence-corrected chi connectivity index (χ1v) is 4.74. The van der Waals surface area contributed by atoms with Crippen LogP contribution < -0.4 is 5.32 Å². The van der Waals surface area contributed by atoms with Crippen LogP contribution in [0.2, 0.25) is 0 Å². The maximum absolute atomic E-state index is 10.3. The van der Waals surface area contributed by atoms with Crippen LogP contribution in [0, 0.1) is 0 Å². The molecule has 0 radical (unpaired) electrons. The number of carbonyl (C=O) groups is 1. The third-order valence-corrected chi connectivity index (χ3v) is 2.06. The van der Waals surface area contributed by atoms with E-state index in [9.17, 15) is 4.79 Å². The van der Waals surface area contributed by atoms with Crippen molar-refractivity contribution in [2.45, 2.75) is 6.10 Å². The van der Waals surface area contributed by atoms with Gasteiger partial charge in [0.2, 0.25) is 0 Å². The molecule has 1 aromatic carbocycles. The maximum atomic E-state index is 10.3. The second kappa shape index (κ2) is 6.16. The molecule has 1 aromatic rings. The van der Waals surface area contributed by atoms with Gasteiger partial charge in [0.25, 0.3) is 0 Å². The van der Waals surface area contributed by atoms with Gasteiger partial charge in [0.05, 0.1) is 12.6 Å². The first-order valence-electron chi connectivity index (χ1n) is 4.74. The van der Waals surface area contributed by atoms with Crippen LogP contribution in [0.1, 0.15) is 11.7 Å². The normalized spacial score (nSPS) is 12.3. The van der Waals surface area contributed by atoms with E-state index in [1.807, 2.05) is 30.3 Å². The standard InChI is InChI=1S/C11H15NO3/c1-15-10(7-12-8-11(13)14)9-5-3-2-4-6-9/h2-6,10,12H,7-8H2,1H3,(H,13,14). The number of benzene rings is 1. The fraction of sp³-hybridized carbons (Fsp3) is 0.364. The van der Waals surface area contributed by atoms with Crippen LogP contribution >= 0.6 is 0 Å². The molecule has 0 aliphatic rings. The topological polar surface area (TPSA) is 58.6 Å². The average Bonchev–Trinajstić information content (AvgIpc) is 2.25. The second-order valence-corrected chi connectivity index (χ2v) is 3.16. The van der Waals surface area contributed by atoms with Crippen LogP contribution in [0.4, 0.5) is 0 Å². The number of methoxy groups -OCH3 is 1. The minimum absolute atomic E-state index is 0.0489. The molecule has 0 bridgehead atoms. The second-order valence-electron chi connectivity index (χ2n) is 3.16. The molecule has 4 heteroatoms. The lowest BCUT2D eigenvalue weighted by molar-refractivity contribution is -0.136. The Morgan fingerprint density at radius 2 is 2.13 bits per heavy atom. The SMILES string of the molecule is COC(CNCC(=O)O)c1ccccc1. The lowest BCUT2D eigenvalue weighted by atomic mass is 10.1. The summed E-state index contributed by atoms with van der Waals surface area (Å²) in [6.45, 7) is 0.444. The van der Waals surface area contributed by atoms with E-state index in [-0.39, 0.29) is 12.6 Å². The Kier molecular flexibility index (Phi) is 4.80. The quantitative estimate of drug-likeness (QED) is 0.735. The Labute approximate surface area is 88.9 Å². The monoisotopic (exact) mass is 209 g/mol. The van der Waals surface area contributed by atoms with Crippen LogP contribution in [0.15, 0.2) is 30.3 Å². The summed E-state index contributed by atoms with van der Waals surface area (Å²) in [6.07, 6.45) is -0.106. The third-order valence-electron chi connectivity index (χ3n) is 2.06. The molecule has 0 aliphatic heterocycles. The molecule has 1 atom stereocenters. The zero-order valence-corrected chi connectivity index (χ0v) is 8.64. The number of carboxylic acids is 1. The predicted molar refractivity (Wildman–Crippen MR) is 56.7 cm³/mol. The molecular weight excluding hydrogens is 194 g/mol. The van der Waals surface area contributed by atoms with Crippen molar-refractivity contribution in [3.8, 4) is 0 Å². The van der Waals surface area contributed by atoms with Gasteiger partial charge in [-0.2, -0.15) is 0 Å². The molecule has 4 nitrogen and oxygen atoms in total. The van der Waals surface area contributed by atoms with Gasteiger partial charge in [-0.15, -0.1) is 0 Å². The van der Waals surface area contributed by atoms with Crippen molar-refractivity contribution in [2.75, 3.05) is 20.2 Å². The molecule has 0 saturated heterocycles. The van der Waals surface area contributed by atoms with Gasteiger partial charge < -0.3 is 15.2 Å². The van der Waals surface area contributed by atoms with Crippen LogP contribution in [0.3, 0.4) is 0 Å². The highest BCUT2D eigenvalue weighted by atomic mass is 16.5. The number of carboxylic acid groups (broad SMARTS) is 1. The number of ether oxygens (including phenoxy) is 1. The van der Waals surface area contributed by atoms with Crippen molar-refractivity contribution >= 4 is 5.97 Å². The van der Waals surface area contributed by atoms with E-state index in [1.165, 1.54) is 0 Å². The van der Waals surface area contributed by atoms with Crippen molar-refractivity contribution in [2.24, 2.45) is 0 Å². The first kappa shape index (κ1) is 11.7. The van der Waals surface area contributed by atoms with E-state index in [2.05, 4.69) is 5.32 Å². The van der Waals surface area contributed by atoms with E-state index in [1.54, 1.807) is 7.11 Å². The van der Waals surface area contributed by atoms with Crippen LogP contribution in [0.5, 0.6) is 0 Å². The number of nitrogens with one attached hydrogen (secondary N) is 1. The summed E-state index contributed by atoms with van der Waals surface area (Å²) < 4.78 is 5.26. The highest BCUT2D eigenvalue weighted by molar-refractivity contribution is 5.68. The highest BCUT2D eigenvalue weighted by Crippen LogP contribution is 2.14. The average molecular weight is 209 g/mol. The number of rotatable bonds is 6. The fourth-order valence-electron chi connectivity index (χ4n) is 1.32. The molecule has 0 fully saturated rings. The lowest BCUT2D eigenvalue weighted by Gasteiger charge is -2.15. The summed E-state index contributed by atoms with van der Waals surface area (Å²) in [6, 6.07) is 9.70. The summed E-state index contributed by atoms with van der Waals surface area (Å²) in [7, 11) is 1.61. The smallest absolute Gasteiger partial charge is 0.317 e. The predicted octanol–water partition coefficient (Wildman–Crippen LogP) is 1.05. The molecule has 15 heavy (non-hydrogen) atoms. The molecule has 82 valence electrons. The van der Waals surface area contributed by atoms with Crippen molar-refractivity contribution in [1.29, 1.82) is 0 Å². The summed E-state index contributed by atoms with van der Waals surface area (Å²) in [5.41, 5.74) is 1.04. The number of hydrogen-bond acceptors (Lipinski definition) is 3. The van der Waals surface area contributed by atoms with Gasteiger partial charge in [-0.25, -0.2) is 0 Å². The maximum Gasteiger partial charge on any atom is 0.317 e. The zero-order valence-electron chi connectivity index (χ0n) is 8.64.